The van der Waals surface area contributed by atoms with Gasteiger partial charge in [-0.2, -0.15) is 5.26 Å². The van der Waals surface area contributed by atoms with Gasteiger partial charge in [0.05, 0.1) is 11.6 Å². The van der Waals surface area contributed by atoms with Crippen molar-refractivity contribution >= 4 is 0 Å². The van der Waals surface area contributed by atoms with Crippen LogP contribution in [0.3, 0.4) is 0 Å². The van der Waals surface area contributed by atoms with Gasteiger partial charge in [-0.05, 0) is 36.1 Å². The van der Waals surface area contributed by atoms with Crippen LogP contribution < -0.4 is 5.73 Å². The van der Waals surface area contributed by atoms with Crippen LogP contribution in [0.15, 0.2) is 18.2 Å². The Morgan fingerprint density at radius 1 is 1.50 bits per heavy atom. The second kappa shape index (κ2) is 2.62. The smallest absolute Gasteiger partial charge is 0.0991 e. The second-order valence-electron chi connectivity index (χ2n) is 3.17. The van der Waals surface area contributed by atoms with E-state index >= 15 is 0 Å². The molecule has 1 aromatic carbocycles. The minimum absolute atomic E-state index is 0.188. The maximum atomic E-state index is 8.65. The first-order chi connectivity index (χ1) is 5.81. The summed E-state index contributed by atoms with van der Waals surface area (Å²) in [4.78, 5) is 0. The number of hydrogen-bond acceptors (Lipinski definition) is 2. The van der Waals surface area contributed by atoms with Crippen LogP contribution in [-0.4, -0.2) is 0 Å². The Morgan fingerprint density at radius 3 is 3.08 bits per heavy atom. The number of nitrogens with zero attached hydrogens (tertiary/aromatic N) is 1. The van der Waals surface area contributed by atoms with Crippen LogP contribution in [0.25, 0.3) is 0 Å². The average molecular weight is 158 g/mol. The van der Waals surface area contributed by atoms with Crippen molar-refractivity contribution in [3.8, 4) is 6.07 Å². The molecule has 0 aliphatic heterocycles. The van der Waals surface area contributed by atoms with Crippen molar-refractivity contribution < 1.29 is 0 Å². The number of fused-ring (bicyclic) bond motifs is 1. The van der Waals surface area contributed by atoms with Crippen molar-refractivity contribution in [2.24, 2.45) is 5.73 Å². The van der Waals surface area contributed by atoms with Crippen molar-refractivity contribution in [2.75, 3.05) is 0 Å². The third-order valence-electron chi connectivity index (χ3n) is 2.40. The summed E-state index contributed by atoms with van der Waals surface area (Å²) in [5.41, 5.74) is 9.06. The highest BCUT2D eigenvalue weighted by Crippen LogP contribution is 2.29. The quantitative estimate of drug-likeness (QED) is 0.622. The van der Waals surface area contributed by atoms with Gasteiger partial charge in [-0.3, -0.25) is 0 Å². The van der Waals surface area contributed by atoms with Crippen LogP contribution in [-0.2, 0) is 6.42 Å². The Bertz CT molecular complexity index is 349. The molecule has 0 spiro atoms. The lowest BCUT2D eigenvalue weighted by Gasteiger charge is -2.03. The molecule has 2 N–H and O–H groups in total. The van der Waals surface area contributed by atoms with E-state index in [2.05, 4.69) is 6.07 Å². The molecule has 2 nitrogen and oxygen atoms in total. The van der Waals surface area contributed by atoms with Crippen molar-refractivity contribution in [2.45, 2.75) is 18.9 Å². The highest BCUT2D eigenvalue weighted by Gasteiger charge is 2.18. The van der Waals surface area contributed by atoms with Crippen LogP contribution in [0.1, 0.15) is 29.2 Å². The predicted molar refractivity (Wildman–Crippen MR) is 46.4 cm³/mol. The van der Waals surface area contributed by atoms with Crippen molar-refractivity contribution in [1.82, 2.24) is 0 Å². The lowest BCUT2D eigenvalue weighted by atomic mass is 10.1. The zero-order chi connectivity index (χ0) is 8.55. The number of benzene rings is 1. The second-order valence-corrected chi connectivity index (χ2v) is 3.17. The summed E-state index contributed by atoms with van der Waals surface area (Å²) in [6.07, 6.45) is 2.04. The fraction of sp³-hybridized carbons (Fsp3) is 0.300. The molecular formula is C10H10N2. The lowest BCUT2D eigenvalue weighted by molar-refractivity contribution is 0.713. The van der Waals surface area contributed by atoms with Crippen LogP contribution in [0, 0.1) is 11.3 Å². The fourth-order valence-corrected chi connectivity index (χ4v) is 1.72. The van der Waals surface area contributed by atoms with Gasteiger partial charge >= 0.3 is 0 Å². The predicted octanol–water partition coefficient (Wildman–Crippen LogP) is 1.50. The first kappa shape index (κ1) is 7.33. The summed E-state index contributed by atoms with van der Waals surface area (Å²) in [6, 6.07) is 8.08. The molecule has 1 aromatic rings. The zero-order valence-corrected chi connectivity index (χ0v) is 6.75. The van der Waals surface area contributed by atoms with E-state index in [0.717, 1.165) is 18.4 Å². The molecule has 1 aliphatic rings. The molecule has 0 bridgehead atoms. The molecule has 0 aromatic heterocycles. The van der Waals surface area contributed by atoms with E-state index < -0.39 is 0 Å². The third-order valence-corrected chi connectivity index (χ3v) is 2.40. The standard InChI is InChI=1S/C10H10N2/c11-6-7-1-3-9-8(5-7)2-4-10(9)12/h1,3,5,10H,2,4,12H2/t10-/m0/s1. The third kappa shape index (κ3) is 0.992. The fourth-order valence-electron chi connectivity index (χ4n) is 1.72. The van der Waals surface area contributed by atoms with Crippen LogP contribution in [0.4, 0.5) is 0 Å². The van der Waals surface area contributed by atoms with Gasteiger partial charge in [-0.25, -0.2) is 0 Å². The summed E-state index contributed by atoms with van der Waals surface area (Å²) >= 11 is 0. The van der Waals surface area contributed by atoms with Gasteiger partial charge in [-0.1, -0.05) is 6.07 Å². The van der Waals surface area contributed by atoms with Gasteiger partial charge in [0, 0.05) is 6.04 Å². The molecule has 0 amide bonds. The van der Waals surface area contributed by atoms with Crippen molar-refractivity contribution in [3.05, 3.63) is 34.9 Å². The van der Waals surface area contributed by atoms with E-state index in [1.165, 1.54) is 11.1 Å². The molecule has 2 heteroatoms. The monoisotopic (exact) mass is 158 g/mol. The van der Waals surface area contributed by atoms with Crippen LogP contribution in [0.2, 0.25) is 0 Å². The summed E-state index contributed by atoms with van der Waals surface area (Å²) in [6.45, 7) is 0. The molecule has 0 saturated heterocycles. The number of nitrogens with two attached hydrogens (primary N) is 1. The van der Waals surface area contributed by atoms with E-state index in [1.807, 2.05) is 18.2 Å². The average Bonchev–Trinajstić information content (AvgIpc) is 2.47. The summed E-state index contributed by atoms with van der Waals surface area (Å²) < 4.78 is 0. The Labute approximate surface area is 71.6 Å². The first-order valence-electron chi connectivity index (χ1n) is 4.10. The minimum atomic E-state index is 0.188. The Hall–Kier alpha value is -1.33. The molecule has 0 radical (unpaired) electrons. The van der Waals surface area contributed by atoms with Gasteiger partial charge in [-0.15, -0.1) is 0 Å². The lowest BCUT2D eigenvalue weighted by Crippen LogP contribution is -2.04. The van der Waals surface area contributed by atoms with Gasteiger partial charge in [0.2, 0.25) is 0 Å². The van der Waals surface area contributed by atoms with E-state index in [-0.39, 0.29) is 6.04 Å². The summed E-state index contributed by atoms with van der Waals surface area (Å²) in [5, 5.41) is 8.65. The summed E-state index contributed by atoms with van der Waals surface area (Å²) in [7, 11) is 0. The Balaban J connectivity index is 2.50. The van der Waals surface area contributed by atoms with Gasteiger partial charge < -0.3 is 5.73 Å². The highest BCUT2D eigenvalue weighted by atomic mass is 14.6. The first-order valence-corrected chi connectivity index (χ1v) is 4.10. The van der Waals surface area contributed by atoms with E-state index in [9.17, 15) is 0 Å². The van der Waals surface area contributed by atoms with Gasteiger partial charge in [0.15, 0.2) is 0 Å². The number of rotatable bonds is 0. The molecule has 1 atom stereocenters. The van der Waals surface area contributed by atoms with Gasteiger partial charge in [0.25, 0.3) is 0 Å². The Kier molecular flexibility index (Phi) is 1.60. The number of hydrogen-bond donors (Lipinski definition) is 1. The molecule has 2 rings (SSSR count). The normalized spacial score (nSPS) is 20.2. The molecule has 0 heterocycles. The topological polar surface area (TPSA) is 49.8 Å². The molecule has 0 saturated carbocycles. The van der Waals surface area contributed by atoms with Crippen LogP contribution >= 0.6 is 0 Å². The van der Waals surface area contributed by atoms with Crippen molar-refractivity contribution in [1.29, 1.82) is 5.26 Å². The largest absolute Gasteiger partial charge is 0.324 e. The van der Waals surface area contributed by atoms with Crippen molar-refractivity contribution in [3.63, 3.8) is 0 Å². The molecule has 0 fully saturated rings. The number of aryl methyl sites for hydroxylation is 1. The molecule has 60 valence electrons. The molecule has 1 aliphatic carbocycles. The number of nitriles is 1. The maximum Gasteiger partial charge on any atom is 0.0991 e. The molecule has 12 heavy (non-hydrogen) atoms. The van der Waals surface area contributed by atoms with Gasteiger partial charge in [0.1, 0.15) is 0 Å². The Morgan fingerprint density at radius 2 is 2.33 bits per heavy atom. The minimum Gasteiger partial charge on any atom is -0.324 e. The SMILES string of the molecule is N#Cc1ccc2c(c1)CC[C@@H]2N. The van der Waals surface area contributed by atoms with E-state index in [0.29, 0.717) is 0 Å². The van der Waals surface area contributed by atoms with E-state index in [1.54, 1.807) is 0 Å². The molecular weight excluding hydrogens is 148 g/mol. The zero-order valence-electron chi connectivity index (χ0n) is 6.75. The van der Waals surface area contributed by atoms with E-state index in [4.69, 9.17) is 11.0 Å². The maximum absolute atomic E-state index is 8.65. The van der Waals surface area contributed by atoms with Crippen LogP contribution in [0.5, 0.6) is 0 Å². The highest BCUT2D eigenvalue weighted by molar-refractivity contribution is 5.41. The molecule has 0 unspecified atom stereocenters. The summed E-state index contributed by atoms with van der Waals surface area (Å²) in [5.74, 6) is 0.